The Morgan fingerprint density at radius 1 is 0.500 bits per heavy atom. The van der Waals surface area contributed by atoms with E-state index in [-0.39, 0.29) is 34.2 Å². The average Bonchev–Trinajstić information content (AvgIpc) is 3.15. The van der Waals surface area contributed by atoms with Crippen molar-refractivity contribution >= 4 is 17.9 Å². The van der Waals surface area contributed by atoms with Crippen LogP contribution in [0.4, 0.5) is 0 Å². The monoisotopic (exact) mass is 788 g/mol. The molecule has 0 heterocycles. The van der Waals surface area contributed by atoms with Gasteiger partial charge in [-0.2, -0.15) is 0 Å². The number of rotatable bonds is 34. The molecule has 4 aliphatic carbocycles. The molecule has 0 amide bonds. The van der Waals surface area contributed by atoms with Crippen molar-refractivity contribution in [2.75, 3.05) is 40.5 Å². The van der Waals surface area contributed by atoms with Crippen molar-refractivity contribution in [1.29, 1.82) is 0 Å². The topological polar surface area (TPSA) is 82.1 Å². The maximum Gasteiger partial charge on any atom is 0.305 e. The van der Waals surface area contributed by atoms with E-state index in [2.05, 4.69) is 27.7 Å². The van der Waals surface area contributed by atoms with Gasteiger partial charge in [-0.1, -0.05) is 130 Å². The van der Waals surface area contributed by atoms with Crippen molar-refractivity contribution in [2.45, 2.75) is 220 Å². The molecule has 4 saturated carbocycles. The molecule has 4 rings (SSSR count). The van der Waals surface area contributed by atoms with Gasteiger partial charge in [-0.3, -0.25) is 14.4 Å². The van der Waals surface area contributed by atoms with Crippen LogP contribution in [0.5, 0.6) is 0 Å². The van der Waals surface area contributed by atoms with E-state index in [1.165, 1.54) is 103 Å². The highest BCUT2D eigenvalue weighted by Crippen LogP contribution is 2.73. The maximum absolute atomic E-state index is 13.3. The molecule has 2 atom stereocenters. The van der Waals surface area contributed by atoms with Gasteiger partial charge in [-0.25, -0.2) is 0 Å². The van der Waals surface area contributed by atoms with Gasteiger partial charge < -0.3 is 19.1 Å². The molecule has 0 aromatic carbocycles. The molecule has 326 valence electrons. The highest BCUT2D eigenvalue weighted by Gasteiger charge is 2.62. The number of esters is 3. The zero-order valence-corrected chi connectivity index (χ0v) is 37.7. The molecular formula is C49H89NO6. The van der Waals surface area contributed by atoms with Crippen molar-refractivity contribution in [3.8, 4) is 0 Å². The minimum Gasteiger partial charge on any atom is -0.466 e. The number of carbonyl (C=O) groups is 3. The molecular weight excluding hydrogens is 699 g/mol. The van der Waals surface area contributed by atoms with Crippen molar-refractivity contribution in [3.05, 3.63) is 0 Å². The average molecular weight is 788 g/mol. The number of nitrogens with zero attached hydrogens (tertiary/aromatic N) is 1. The number of ether oxygens (including phenoxy) is 3. The molecule has 7 heteroatoms. The summed E-state index contributed by atoms with van der Waals surface area (Å²) in [6.45, 7) is 11.3. The molecule has 0 radical (unpaired) electrons. The van der Waals surface area contributed by atoms with Crippen LogP contribution in [0.3, 0.4) is 0 Å². The normalized spacial score (nSPS) is 24.1. The summed E-state index contributed by atoms with van der Waals surface area (Å²) in [7, 11) is 3.99. The molecule has 0 aromatic rings. The van der Waals surface area contributed by atoms with Gasteiger partial charge in [0.05, 0.1) is 13.2 Å². The van der Waals surface area contributed by atoms with E-state index in [9.17, 15) is 14.4 Å². The first-order chi connectivity index (χ1) is 27.0. The summed E-state index contributed by atoms with van der Waals surface area (Å²) in [6.07, 6.45) is 32.9. The second kappa shape index (κ2) is 26.5. The largest absolute Gasteiger partial charge is 0.466 e. The van der Waals surface area contributed by atoms with Crippen LogP contribution in [-0.2, 0) is 28.6 Å². The molecule has 0 aliphatic heterocycles. The minimum absolute atomic E-state index is 0.0412. The van der Waals surface area contributed by atoms with Crippen LogP contribution >= 0.6 is 0 Å². The van der Waals surface area contributed by atoms with E-state index in [4.69, 9.17) is 14.2 Å². The third-order valence-corrected chi connectivity index (χ3v) is 14.2. The predicted octanol–water partition coefficient (Wildman–Crippen LogP) is 12.8. The number of likely N-dealkylation sites (N-methyl/N-ethyl adjacent to an activating group) is 1. The smallest absolute Gasteiger partial charge is 0.305 e. The summed E-state index contributed by atoms with van der Waals surface area (Å²) >= 11 is 0. The molecule has 2 unspecified atom stereocenters. The fourth-order valence-electron chi connectivity index (χ4n) is 11.8. The SMILES string of the molecule is CCCCCC(CCCCC)CCOC(=O)CCC12CC3CC(CCC(=O)OCCC(CCCCC)CCCCC)(C1)CC(CCC(=O)OCCN(C)C)(C3)C2. The molecule has 56 heavy (non-hydrogen) atoms. The summed E-state index contributed by atoms with van der Waals surface area (Å²) in [5, 5.41) is 0. The predicted molar refractivity (Wildman–Crippen MR) is 230 cm³/mol. The van der Waals surface area contributed by atoms with Gasteiger partial charge in [0.25, 0.3) is 0 Å². The Bertz CT molecular complexity index is 1020. The fraction of sp³-hybridized carbons (Fsp3) is 0.939. The van der Waals surface area contributed by atoms with Gasteiger partial charge in [0.15, 0.2) is 0 Å². The van der Waals surface area contributed by atoms with E-state index in [1.54, 1.807) is 0 Å². The second-order valence-corrected chi connectivity index (χ2v) is 19.8. The Balaban J connectivity index is 1.61. The van der Waals surface area contributed by atoms with Gasteiger partial charge in [-0.05, 0) is 119 Å². The van der Waals surface area contributed by atoms with Crippen molar-refractivity contribution < 1.29 is 28.6 Å². The molecule has 0 aromatic heterocycles. The zero-order valence-electron chi connectivity index (χ0n) is 37.7. The van der Waals surface area contributed by atoms with Gasteiger partial charge in [0.2, 0.25) is 0 Å². The summed E-state index contributed by atoms with van der Waals surface area (Å²) in [5.41, 5.74) is 0.219. The number of hydrogen-bond donors (Lipinski definition) is 0. The lowest BCUT2D eigenvalue weighted by atomic mass is 9.37. The Labute approximate surface area is 345 Å². The Morgan fingerprint density at radius 2 is 0.821 bits per heavy atom. The van der Waals surface area contributed by atoms with Crippen LogP contribution in [0.2, 0.25) is 0 Å². The molecule has 4 fully saturated rings. The highest BCUT2D eigenvalue weighted by atomic mass is 16.5. The first-order valence-electron chi connectivity index (χ1n) is 24.1. The first-order valence-corrected chi connectivity index (χ1v) is 24.1. The summed E-state index contributed by atoms with van der Waals surface area (Å²) in [5.74, 6) is 1.72. The molecule has 7 nitrogen and oxygen atoms in total. The maximum atomic E-state index is 13.3. The van der Waals surface area contributed by atoms with E-state index < -0.39 is 0 Å². The van der Waals surface area contributed by atoms with Gasteiger partial charge in [0.1, 0.15) is 6.61 Å². The fourth-order valence-corrected chi connectivity index (χ4v) is 11.8. The van der Waals surface area contributed by atoms with Crippen LogP contribution in [0.15, 0.2) is 0 Å². The lowest BCUT2D eigenvalue weighted by molar-refractivity contribution is -0.177. The first kappa shape index (κ1) is 48.7. The van der Waals surface area contributed by atoms with Crippen LogP contribution in [0.25, 0.3) is 0 Å². The Morgan fingerprint density at radius 3 is 1.12 bits per heavy atom. The quantitative estimate of drug-likeness (QED) is 0.0365. The van der Waals surface area contributed by atoms with E-state index in [0.717, 1.165) is 77.2 Å². The van der Waals surface area contributed by atoms with E-state index in [1.807, 2.05) is 19.0 Å². The molecule has 4 aliphatic rings. The lowest BCUT2D eigenvalue weighted by Crippen LogP contribution is -2.57. The number of unbranched alkanes of at least 4 members (excludes halogenated alkanes) is 8. The van der Waals surface area contributed by atoms with E-state index >= 15 is 0 Å². The third kappa shape index (κ3) is 18.1. The molecule has 0 saturated heterocycles. The standard InChI is InChI=1S/C49H89NO6/c1-7-11-15-19-41(20-16-12-8-2)26-32-54-44(51)23-28-47-35-43-36-48(38-47,40-49(37-43,39-47)30-25-46(53)56-34-31-50(5)6)29-24-45(52)55-33-27-42(21-17-13-9-3)22-18-14-10-4/h41-43H,7-40H2,1-6H3. The van der Waals surface area contributed by atoms with Crippen LogP contribution in [0.1, 0.15) is 220 Å². The Hall–Kier alpha value is -1.63. The van der Waals surface area contributed by atoms with E-state index in [0.29, 0.717) is 56.8 Å². The van der Waals surface area contributed by atoms with Crippen LogP contribution in [0, 0.1) is 34.0 Å². The van der Waals surface area contributed by atoms with Crippen LogP contribution < -0.4 is 0 Å². The summed E-state index contributed by atoms with van der Waals surface area (Å²) in [6, 6.07) is 0. The summed E-state index contributed by atoms with van der Waals surface area (Å²) < 4.78 is 17.5. The zero-order chi connectivity index (χ0) is 40.7. The van der Waals surface area contributed by atoms with Gasteiger partial charge in [0, 0.05) is 25.8 Å². The summed E-state index contributed by atoms with van der Waals surface area (Å²) in [4.78, 5) is 41.6. The number of carbonyl (C=O) groups excluding carboxylic acids is 3. The van der Waals surface area contributed by atoms with Crippen molar-refractivity contribution in [3.63, 3.8) is 0 Å². The molecule has 0 spiro atoms. The van der Waals surface area contributed by atoms with Gasteiger partial charge in [-0.15, -0.1) is 0 Å². The Kier molecular flexibility index (Phi) is 23.0. The van der Waals surface area contributed by atoms with Crippen LogP contribution in [-0.4, -0.2) is 63.3 Å². The van der Waals surface area contributed by atoms with Crippen molar-refractivity contribution in [2.24, 2.45) is 34.0 Å². The molecule has 4 bridgehead atoms. The minimum atomic E-state index is -0.0942. The highest BCUT2D eigenvalue weighted by molar-refractivity contribution is 5.70. The van der Waals surface area contributed by atoms with Crippen molar-refractivity contribution in [1.82, 2.24) is 4.90 Å². The van der Waals surface area contributed by atoms with Gasteiger partial charge >= 0.3 is 17.9 Å². The molecule has 0 N–H and O–H groups in total. The lowest BCUT2D eigenvalue weighted by Gasteiger charge is -2.67. The third-order valence-electron chi connectivity index (χ3n) is 14.2. The second-order valence-electron chi connectivity index (χ2n) is 19.8. The number of hydrogen-bond acceptors (Lipinski definition) is 7.